The standard InChI is InChI=1S/C24H23N3O4/c1-3-31-17-8-9-20-18(10-17)22-19-12-26(24(30)25(2)23(19)29)13-21(22)27(20)11-15-4-6-16(14-28)7-5-15/h4-10,14,19H,3,11-13H2,1-2H3. The molecule has 7 nitrogen and oxygen atoms in total. The molecule has 0 saturated carbocycles. The van der Waals surface area contributed by atoms with E-state index in [1.807, 2.05) is 37.3 Å². The molecule has 5 rings (SSSR count). The van der Waals surface area contributed by atoms with E-state index in [4.69, 9.17) is 4.74 Å². The van der Waals surface area contributed by atoms with Gasteiger partial charge in [0.15, 0.2) is 0 Å². The fourth-order valence-electron chi connectivity index (χ4n) is 4.74. The molecule has 2 bridgehead atoms. The number of rotatable bonds is 5. The van der Waals surface area contributed by atoms with Crippen LogP contribution in [-0.2, 0) is 17.9 Å². The van der Waals surface area contributed by atoms with Gasteiger partial charge in [-0.3, -0.25) is 14.5 Å². The number of likely N-dealkylation sites (N-methyl/N-ethyl adjacent to an activating group) is 1. The van der Waals surface area contributed by atoms with E-state index in [-0.39, 0.29) is 17.9 Å². The Bertz CT molecular complexity index is 1210. The molecule has 1 fully saturated rings. The summed E-state index contributed by atoms with van der Waals surface area (Å²) in [6.07, 6.45) is 0.828. The van der Waals surface area contributed by atoms with Crippen LogP contribution in [-0.4, -0.2) is 52.8 Å². The van der Waals surface area contributed by atoms with Crippen molar-refractivity contribution in [2.75, 3.05) is 20.2 Å². The highest BCUT2D eigenvalue weighted by Gasteiger charge is 2.44. The van der Waals surface area contributed by atoms with Crippen LogP contribution in [0.1, 0.15) is 40.0 Å². The Balaban J connectivity index is 1.69. The van der Waals surface area contributed by atoms with Crippen LogP contribution in [0.3, 0.4) is 0 Å². The fourth-order valence-corrected chi connectivity index (χ4v) is 4.74. The first-order chi connectivity index (χ1) is 15.0. The summed E-state index contributed by atoms with van der Waals surface area (Å²) in [5.41, 5.74) is 4.64. The third-order valence-corrected chi connectivity index (χ3v) is 6.23. The second kappa shape index (κ2) is 7.27. The Labute approximate surface area is 179 Å². The maximum absolute atomic E-state index is 13.0. The minimum absolute atomic E-state index is 0.168. The molecule has 3 amide bonds. The number of urea groups is 1. The summed E-state index contributed by atoms with van der Waals surface area (Å²) in [7, 11) is 1.55. The molecule has 7 heteroatoms. The average molecular weight is 417 g/mol. The normalized spacial score (nSPS) is 17.8. The van der Waals surface area contributed by atoms with E-state index >= 15 is 0 Å². The molecule has 0 aliphatic carbocycles. The quantitative estimate of drug-likeness (QED) is 0.597. The van der Waals surface area contributed by atoms with Gasteiger partial charge in [-0.05, 0) is 36.2 Å². The number of ether oxygens (including phenoxy) is 1. The van der Waals surface area contributed by atoms with Crippen molar-refractivity contribution in [1.82, 2.24) is 14.4 Å². The van der Waals surface area contributed by atoms with E-state index in [1.54, 1.807) is 24.1 Å². The van der Waals surface area contributed by atoms with Crippen LogP contribution < -0.4 is 4.74 Å². The molecule has 1 aromatic heterocycles. The number of aldehydes is 1. The van der Waals surface area contributed by atoms with Gasteiger partial charge in [-0.2, -0.15) is 0 Å². The van der Waals surface area contributed by atoms with E-state index in [1.165, 1.54) is 4.90 Å². The first-order valence-corrected chi connectivity index (χ1v) is 10.4. The van der Waals surface area contributed by atoms with Gasteiger partial charge in [-0.25, -0.2) is 4.79 Å². The van der Waals surface area contributed by atoms with E-state index in [9.17, 15) is 14.4 Å². The van der Waals surface area contributed by atoms with Gasteiger partial charge in [0.1, 0.15) is 12.0 Å². The van der Waals surface area contributed by atoms with Crippen LogP contribution in [0, 0.1) is 0 Å². The molecule has 0 spiro atoms. The molecule has 2 aliphatic rings. The number of fused-ring (bicyclic) bond motifs is 6. The average Bonchev–Trinajstić information content (AvgIpc) is 3.09. The molecule has 3 aromatic rings. The number of aromatic nitrogens is 1. The van der Waals surface area contributed by atoms with E-state index in [0.29, 0.717) is 31.8 Å². The van der Waals surface area contributed by atoms with Gasteiger partial charge < -0.3 is 14.2 Å². The Kier molecular flexibility index (Phi) is 4.54. The highest BCUT2D eigenvalue weighted by molar-refractivity contribution is 6.04. The van der Waals surface area contributed by atoms with Gasteiger partial charge in [0.25, 0.3) is 0 Å². The Hall–Kier alpha value is -3.61. The number of hydrogen-bond donors (Lipinski definition) is 0. The van der Waals surface area contributed by atoms with Crippen molar-refractivity contribution in [3.8, 4) is 5.75 Å². The highest BCUT2D eigenvalue weighted by atomic mass is 16.5. The fraction of sp³-hybridized carbons (Fsp3) is 0.292. The van der Waals surface area contributed by atoms with Crippen LogP contribution in [0.4, 0.5) is 4.79 Å². The number of hydrogen-bond acceptors (Lipinski definition) is 4. The lowest BCUT2D eigenvalue weighted by molar-refractivity contribution is -0.132. The largest absolute Gasteiger partial charge is 0.494 e. The predicted molar refractivity (Wildman–Crippen MR) is 115 cm³/mol. The lowest BCUT2D eigenvalue weighted by Gasteiger charge is -2.41. The van der Waals surface area contributed by atoms with Crippen LogP contribution in [0.25, 0.3) is 10.9 Å². The first kappa shape index (κ1) is 19.4. The van der Waals surface area contributed by atoms with E-state index in [0.717, 1.165) is 39.8 Å². The number of nitrogens with zero attached hydrogens (tertiary/aromatic N) is 3. The molecular formula is C24H23N3O4. The van der Waals surface area contributed by atoms with Crippen LogP contribution in [0.5, 0.6) is 5.75 Å². The van der Waals surface area contributed by atoms with Crippen molar-refractivity contribution in [3.63, 3.8) is 0 Å². The Morgan fingerprint density at radius 2 is 1.90 bits per heavy atom. The third-order valence-electron chi connectivity index (χ3n) is 6.23. The number of imide groups is 1. The molecule has 158 valence electrons. The SMILES string of the molecule is CCOc1ccc2c(c1)c1c(n2Cc2ccc(C=O)cc2)CN2CC1C(=O)N(C)C2=O. The number of amides is 3. The summed E-state index contributed by atoms with van der Waals surface area (Å²) in [5, 5.41) is 0.992. The second-order valence-corrected chi connectivity index (χ2v) is 8.03. The molecule has 1 atom stereocenters. The molecule has 31 heavy (non-hydrogen) atoms. The van der Waals surface area contributed by atoms with Crippen LogP contribution in [0.15, 0.2) is 42.5 Å². The van der Waals surface area contributed by atoms with Crippen molar-refractivity contribution >= 4 is 29.1 Å². The van der Waals surface area contributed by atoms with Gasteiger partial charge in [-0.1, -0.05) is 24.3 Å². The van der Waals surface area contributed by atoms with Gasteiger partial charge in [0.2, 0.25) is 5.91 Å². The highest BCUT2D eigenvalue weighted by Crippen LogP contribution is 2.41. The smallest absolute Gasteiger partial charge is 0.326 e. The zero-order chi connectivity index (χ0) is 21.7. The van der Waals surface area contributed by atoms with Crippen LogP contribution >= 0.6 is 0 Å². The molecule has 3 heterocycles. The minimum Gasteiger partial charge on any atom is -0.494 e. The maximum Gasteiger partial charge on any atom is 0.326 e. The summed E-state index contributed by atoms with van der Waals surface area (Å²) in [6, 6.07) is 13.2. The van der Waals surface area contributed by atoms with Crippen molar-refractivity contribution in [2.45, 2.75) is 25.9 Å². The number of carbonyl (C=O) groups is 3. The minimum atomic E-state index is -0.385. The second-order valence-electron chi connectivity index (χ2n) is 8.03. The van der Waals surface area contributed by atoms with Gasteiger partial charge in [0.05, 0.1) is 19.1 Å². The lowest BCUT2D eigenvalue weighted by Crippen LogP contribution is -2.56. The summed E-state index contributed by atoms with van der Waals surface area (Å²) in [6.45, 7) is 3.94. The summed E-state index contributed by atoms with van der Waals surface area (Å²) < 4.78 is 7.91. The molecular weight excluding hydrogens is 394 g/mol. The number of carbonyl (C=O) groups excluding carboxylic acids is 3. The summed E-state index contributed by atoms with van der Waals surface area (Å²) >= 11 is 0. The van der Waals surface area contributed by atoms with Gasteiger partial charge in [-0.15, -0.1) is 0 Å². The first-order valence-electron chi connectivity index (χ1n) is 10.4. The molecule has 1 saturated heterocycles. The Morgan fingerprint density at radius 1 is 1.13 bits per heavy atom. The summed E-state index contributed by atoms with van der Waals surface area (Å²) in [4.78, 5) is 39.6. The molecule has 2 aromatic carbocycles. The van der Waals surface area contributed by atoms with Gasteiger partial charge in [0, 0.05) is 42.3 Å². The van der Waals surface area contributed by atoms with Crippen LogP contribution in [0.2, 0.25) is 0 Å². The van der Waals surface area contributed by atoms with Crippen molar-refractivity contribution in [1.29, 1.82) is 0 Å². The van der Waals surface area contributed by atoms with E-state index in [2.05, 4.69) is 4.57 Å². The zero-order valence-corrected chi connectivity index (χ0v) is 17.5. The maximum atomic E-state index is 13.0. The molecule has 0 radical (unpaired) electrons. The molecule has 1 unspecified atom stereocenters. The third kappa shape index (κ3) is 3.00. The topological polar surface area (TPSA) is 71.8 Å². The Morgan fingerprint density at radius 3 is 2.61 bits per heavy atom. The summed E-state index contributed by atoms with van der Waals surface area (Å²) in [5.74, 6) is 0.211. The van der Waals surface area contributed by atoms with Crippen molar-refractivity contribution in [2.24, 2.45) is 0 Å². The monoisotopic (exact) mass is 417 g/mol. The molecule has 2 aliphatic heterocycles. The lowest BCUT2D eigenvalue weighted by atomic mass is 9.89. The predicted octanol–water partition coefficient (Wildman–Crippen LogP) is 3.39. The van der Waals surface area contributed by atoms with Crippen molar-refractivity contribution in [3.05, 3.63) is 64.8 Å². The molecule has 0 N–H and O–H groups in total. The van der Waals surface area contributed by atoms with E-state index < -0.39 is 0 Å². The van der Waals surface area contributed by atoms with Gasteiger partial charge >= 0.3 is 6.03 Å². The van der Waals surface area contributed by atoms with Crippen molar-refractivity contribution < 1.29 is 19.1 Å². The zero-order valence-electron chi connectivity index (χ0n) is 17.5. The number of benzene rings is 2.